The molecule has 3 heterocycles. The Bertz CT molecular complexity index is 995. The van der Waals surface area contributed by atoms with Gasteiger partial charge in [-0.2, -0.15) is 0 Å². The quantitative estimate of drug-likeness (QED) is 0.810. The lowest BCUT2D eigenvalue weighted by Crippen LogP contribution is -2.54. The van der Waals surface area contributed by atoms with Gasteiger partial charge < -0.3 is 16.0 Å². The van der Waals surface area contributed by atoms with Gasteiger partial charge in [0, 0.05) is 31.9 Å². The van der Waals surface area contributed by atoms with Crippen molar-refractivity contribution in [3.63, 3.8) is 0 Å². The minimum absolute atomic E-state index is 0.0306. The Kier molecular flexibility index (Phi) is 4.61. The highest BCUT2D eigenvalue weighted by atomic mass is 16.2. The van der Waals surface area contributed by atoms with E-state index >= 15 is 0 Å². The molecule has 7 heteroatoms. The van der Waals surface area contributed by atoms with Crippen molar-refractivity contribution >= 4 is 17.5 Å². The van der Waals surface area contributed by atoms with Crippen LogP contribution in [0.1, 0.15) is 60.5 Å². The van der Waals surface area contributed by atoms with E-state index in [0.29, 0.717) is 53.9 Å². The lowest BCUT2D eigenvalue weighted by molar-refractivity contribution is -0.103. The molecule has 0 spiro atoms. The van der Waals surface area contributed by atoms with Crippen molar-refractivity contribution in [2.75, 3.05) is 19.6 Å². The number of nitrogens with two attached hydrogens (primary N) is 1. The highest BCUT2D eigenvalue weighted by molar-refractivity contribution is 5.95. The summed E-state index contributed by atoms with van der Waals surface area (Å²) < 4.78 is 1.72. The molecule has 3 N–H and O–H groups in total. The zero-order valence-corrected chi connectivity index (χ0v) is 17.8. The summed E-state index contributed by atoms with van der Waals surface area (Å²) in [5.41, 5.74) is 7.82. The van der Waals surface area contributed by atoms with Gasteiger partial charge in [-0.05, 0) is 61.0 Å². The van der Waals surface area contributed by atoms with Crippen LogP contribution in [0.4, 0.5) is 0 Å². The minimum Gasteiger partial charge on any atom is -0.350 e. The van der Waals surface area contributed by atoms with Crippen molar-refractivity contribution in [3.8, 4) is 0 Å². The smallest absolute Gasteiger partial charge is 0.274 e. The summed E-state index contributed by atoms with van der Waals surface area (Å²) in [6.45, 7) is 6.67. The molecule has 7 nitrogen and oxygen atoms in total. The lowest BCUT2D eigenvalue weighted by atomic mass is 9.45. The van der Waals surface area contributed by atoms with Gasteiger partial charge in [-0.1, -0.05) is 19.9 Å². The number of aromatic nitrogens is 2. The van der Waals surface area contributed by atoms with Crippen LogP contribution in [-0.2, 0) is 0 Å². The summed E-state index contributed by atoms with van der Waals surface area (Å²) in [4.78, 5) is 32.0. The van der Waals surface area contributed by atoms with Crippen molar-refractivity contribution < 1.29 is 9.59 Å². The topological polar surface area (TPSA) is 92.7 Å². The van der Waals surface area contributed by atoms with E-state index in [4.69, 9.17) is 5.73 Å². The molecule has 160 valence electrons. The van der Waals surface area contributed by atoms with Gasteiger partial charge in [0.25, 0.3) is 11.8 Å². The number of amides is 2. The van der Waals surface area contributed by atoms with Crippen molar-refractivity contribution in [1.29, 1.82) is 0 Å². The number of imidazole rings is 1. The third-order valence-corrected chi connectivity index (χ3v) is 7.98. The number of rotatable bonds is 4. The van der Waals surface area contributed by atoms with Crippen LogP contribution in [0.3, 0.4) is 0 Å². The third-order valence-electron chi connectivity index (χ3n) is 7.98. The van der Waals surface area contributed by atoms with Crippen LogP contribution in [0.15, 0.2) is 24.4 Å². The molecule has 3 aliphatic carbocycles. The number of fused-ring (bicyclic) bond motifs is 3. The van der Waals surface area contributed by atoms with Crippen LogP contribution in [0.25, 0.3) is 5.65 Å². The summed E-state index contributed by atoms with van der Waals surface area (Å²) in [5, 5.41) is 3.15. The fourth-order valence-corrected chi connectivity index (χ4v) is 5.95. The second kappa shape index (κ2) is 7.08. The Hall–Kier alpha value is -2.41. The van der Waals surface area contributed by atoms with Gasteiger partial charge in [-0.25, -0.2) is 4.98 Å². The number of hydrogen-bond acceptors (Lipinski definition) is 4. The van der Waals surface area contributed by atoms with E-state index in [1.807, 2.05) is 12.1 Å². The maximum Gasteiger partial charge on any atom is 0.274 e. The highest BCUT2D eigenvalue weighted by Gasteiger charge is 2.53. The lowest BCUT2D eigenvalue weighted by Gasteiger charge is -2.60. The van der Waals surface area contributed by atoms with E-state index in [2.05, 4.69) is 24.1 Å². The summed E-state index contributed by atoms with van der Waals surface area (Å²) >= 11 is 0. The molecule has 1 saturated heterocycles. The van der Waals surface area contributed by atoms with Crippen molar-refractivity contribution in [3.05, 3.63) is 35.8 Å². The Morgan fingerprint density at radius 2 is 2.10 bits per heavy atom. The number of nitrogens with zero attached hydrogens (tertiary/aromatic N) is 3. The first-order valence-corrected chi connectivity index (χ1v) is 11.2. The van der Waals surface area contributed by atoms with Gasteiger partial charge in [0.1, 0.15) is 17.0 Å². The highest BCUT2D eigenvalue weighted by Crippen LogP contribution is 2.61. The average molecular weight is 410 g/mol. The zero-order valence-electron chi connectivity index (χ0n) is 17.8. The maximum absolute atomic E-state index is 13.0. The van der Waals surface area contributed by atoms with Gasteiger partial charge in [0.05, 0.1) is 0 Å². The van der Waals surface area contributed by atoms with Crippen molar-refractivity contribution in [1.82, 2.24) is 19.6 Å². The normalized spacial score (nSPS) is 29.6. The molecule has 2 aromatic heterocycles. The van der Waals surface area contributed by atoms with Crippen molar-refractivity contribution in [2.24, 2.45) is 28.9 Å². The van der Waals surface area contributed by atoms with E-state index in [0.717, 1.165) is 12.3 Å². The fourth-order valence-electron chi connectivity index (χ4n) is 5.95. The molecule has 6 rings (SSSR count). The second-order valence-corrected chi connectivity index (χ2v) is 9.97. The third kappa shape index (κ3) is 3.11. The van der Waals surface area contributed by atoms with Gasteiger partial charge in [0.2, 0.25) is 0 Å². The Labute approximate surface area is 177 Å². The fraction of sp³-hybridized carbons (Fsp3) is 0.609. The summed E-state index contributed by atoms with van der Waals surface area (Å²) in [6.07, 6.45) is 6.26. The molecular weight excluding hydrogens is 378 g/mol. The molecule has 2 aromatic rings. The molecule has 4 atom stereocenters. The van der Waals surface area contributed by atoms with Gasteiger partial charge in [0.15, 0.2) is 0 Å². The standard InChI is InChI=1S/C23H31N5O2/c1-23(2)15-7-6-14(17(23)10-15)11-25-21(29)19-4-3-5-20-26-18(13-28(19)20)22(30)27-9-8-16(24)12-27/h3-5,13-17H,6-12,24H2,1-2H3,(H,25,29)/t14-,15-,16?,17+/m0/s1. The monoisotopic (exact) mass is 409 g/mol. The SMILES string of the molecule is CC1(C)[C@H]2CC[C@@H](CNC(=O)c3cccc4nc(C(=O)N5CCC(N)C5)cn34)[C@H]1C2. The summed E-state index contributed by atoms with van der Waals surface area (Å²) in [6, 6.07) is 5.45. The molecule has 30 heavy (non-hydrogen) atoms. The van der Waals surface area contributed by atoms with E-state index in [-0.39, 0.29) is 17.9 Å². The zero-order chi connectivity index (χ0) is 21.0. The molecule has 1 unspecified atom stereocenters. The largest absolute Gasteiger partial charge is 0.350 e. The van der Waals surface area contributed by atoms with Gasteiger partial charge in [-0.3, -0.25) is 14.0 Å². The first kappa shape index (κ1) is 19.5. The molecule has 2 bridgehead atoms. The Morgan fingerprint density at radius 1 is 1.27 bits per heavy atom. The molecule has 0 radical (unpaired) electrons. The van der Waals surface area contributed by atoms with E-state index in [9.17, 15) is 9.59 Å². The summed E-state index contributed by atoms with van der Waals surface area (Å²) in [7, 11) is 0. The molecule has 1 aliphatic heterocycles. The number of likely N-dealkylation sites (tertiary alicyclic amines) is 1. The van der Waals surface area contributed by atoms with Gasteiger partial charge >= 0.3 is 0 Å². The minimum atomic E-state index is -0.123. The van der Waals surface area contributed by atoms with Gasteiger partial charge in [-0.15, -0.1) is 0 Å². The number of pyridine rings is 1. The summed E-state index contributed by atoms with van der Waals surface area (Å²) in [5.74, 6) is 1.88. The predicted molar refractivity (Wildman–Crippen MR) is 114 cm³/mol. The first-order valence-electron chi connectivity index (χ1n) is 11.2. The van der Waals surface area contributed by atoms with E-state index < -0.39 is 0 Å². The van der Waals surface area contributed by atoms with E-state index in [1.54, 1.807) is 21.6 Å². The van der Waals surface area contributed by atoms with Crippen LogP contribution in [0, 0.1) is 23.2 Å². The van der Waals surface area contributed by atoms with Crippen LogP contribution < -0.4 is 11.1 Å². The van der Waals surface area contributed by atoms with Crippen LogP contribution in [0.2, 0.25) is 0 Å². The predicted octanol–water partition coefficient (Wildman–Crippen LogP) is 2.31. The van der Waals surface area contributed by atoms with Crippen LogP contribution in [-0.4, -0.2) is 51.8 Å². The number of hydrogen-bond donors (Lipinski definition) is 2. The molecule has 2 amide bonds. The number of carbonyl (C=O) groups is 2. The average Bonchev–Trinajstić information content (AvgIpc) is 3.37. The van der Waals surface area contributed by atoms with E-state index in [1.165, 1.54) is 19.3 Å². The molecule has 3 saturated carbocycles. The van der Waals surface area contributed by atoms with Crippen LogP contribution in [0.5, 0.6) is 0 Å². The number of nitrogens with one attached hydrogen (secondary N) is 1. The molecule has 4 aliphatic rings. The second-order valence-electron chi connectivity index (χ2n) is 9.97. The number of carbonyl (C=O) groups excluding carboxylic acids is 2. The van der Waals surface area contributed by atoms with Crippen molar-refractivity contribution in [2.45, 2.75) is 45.6 Å². The Balaban J connectivity index is 1.31. The van der Waals surface area contributed by atoms with Crippen LogP contribution >= 0.6 is 0 Å². The Morgan fingerprint density at radius 3 is 2.80 bits per heavy atom. The molecular formula is C23H31N5O2. The molecule has 0 aromatic carbocycles. The maximum atomic E-state index is 13.0. The molecule has 4 fully saturated rings. The first-order chi connectivity index (χ1) is 14.3.